The number of urea groups is 1. The molecule has 0 aliphatic heterocycles. The first-order valence-corrected chi connectivity index (χ1v) is 9.65. The van der Waals surface area contributed by atoms with E-state index in [0.717, 1.165) is 11.1 Å². The van der Waals surface area contributed by atoms with E-state index in [-0.39, 0.29) is 29.8 Å². The highest BCUT2D eigenvalue weighted by Gasteiger charge is 2.23. The summed E-state index contributed by atoms with van der Waals surface area (Å²) < 4.78 is 0. The van der Waals surface area contributed by atoms with Gasteiger partial charge in [0.2, 0.25) is 11.8 Å². The van der Waals surface area contributed by atoms with Gasteiger partial charge in [-0.1, -0.05) is 43.7 Å². The molecular weight excluding hydrogens is 356 g/mol. The molecule has 1 atom stereocenters. The lowest BCUT2D eigenvalue weighted by Gasteiger charge is -2.22. The van der Waals surface area contributed by atoms with Crippen molar-refractivity contribution in [3.8, 4) is 0 Å². The third-order valence-electron chi connectivity index (χ3n) is 3.84. The highest BCUT2D eigenvalue weighted by atomic mass is 16.2. The summed E-state index contributed by atoms with van der Waals surface area (Å²) in [5.74, 6) is -0.437. The van der Waals surface area contributed by atoms with Crippen molar-refractivity contribution in [3.05, 3.63) is 35.4 Å². The normalized spacial score (nSPS) is 12.2. The molecule has 7 heteroatoms. The molecule has 0 saturated carbocycles. The second kappa shape index (κ2) is 10.7. The van der Waals surface area contributed by atoms with Gasteiger partial charge < -0.3 is 21.3 Å². The third-order valence-corrected chi connectivity index (χ3v) is 3.84. The zero-order chi connectivity index (χ0) is 21.3. The highest BCUT2D eigenvalue weighted by Crippen LogP contribution is 2.06. The molecule has 4 amide bonds. The van der Waals surface area contributed by atoms with Crippen molar-refractivity contribution in [1.82, 2.24) is 21.3 Å². The minimum absolute atomic E-state index is 0.128. The summed E-state index contributed by atoms with van der Waals surface area (Å²) >= 11 is 0. The van der Waals surface area contributed by atoms with E-state index >= 15 is 0 Å². The number of hydrogen-bond acceptors (Lipinski definition) is 3. The lowest BCUT2D eigenvalue weighted by atomic mass is 10.0. The topological polar surface area (TPSA) is 99.3 Å². The molecule has 156 valence electrons. The highest BCUT2D eigenvalue weighted by molar-refractivity contribution is 5.90. The van der Waals surface area contributed by atoms with Crippen LogP contribution in [0, 0.1) is 12.8 Å². The Balaban J connectivity index is 2.55. The summed E-state index contributed by atoms with van der Waals surface area (Å²) in [5, 5.41) is 10.9. The minimum atomic E-state index is -0.708. The summed E-state index contributed by atoms with van der Waals surface area (Å²) in [4.78, 5) is 36.6. The fourth-order valence-electron chi connectivity index (χ4n) is 2.55. The van der Waals surface area contributed by atoms with Crippen LogP contribution in [-0.4, -0.2) is 36.0 Å². The van der Waals surface area contributed by atoms with Crippen LogP contribution in [0.15, 0.2) is 24.3 Å². The molecule has 0 radical (unpaired) electrons. The van der Waals surface area contributed by atoms with Crippen LogP contribution in [0.25, 0.3) is 0 Å². The van der Waals surface area contributed by atoms with Gasteiger partial charge in [0, 0.05) is 12.1 Å². The lowest BCUT2D eigenvalue weighted by molar-refractivity contribution is -0.128. The van der Waals surface area contributed by atoms with Crippen molar-refractivity contribution in [2.45, 2.75) is 66.1 Å². The predicted molar refractivity (Wildman–Crippen MR) is 111 cm³/mol. The van der Waals surface area contributed by atoms with Gasteiger partial charge in [0.1, 0.15) is 6.04 Å². The fourth-order valence-corrected chi connectivity index (χ4v) is 2.55. The predicted octanol–water partition coefficient (Wildman–Crippen LogP) is 2.24. The van der Waals surface area contributed by atoms with Crippen molar-refractivity contribution >= 4 is 17.8 Å². The van der Waals surface area contributed by atoms with E-state index in [1.807, 2.05) is 65.8 Å². The SMILES string of the molecule is Cc1ccc(CNC(=O)NC(CC(C)C)C(=O)NCC(=O)NC(C)(C)C)cc1. The fraction of sp³-hybridized carbons (Fsp3) is 0.571. The Morgan fingerprint density at radius 3 is 2.14 bits per heavy atom. The quantitative estimate of drug-likeness (QED) is 0.548. The Morgan fingerprint density at radius 2 is 1.61 bits per heavy atom. The first-order valence-electron chi connectivity index (χ1n) is 9.65. The Kier molecular flexibility index (Phi) is 8.96. The number of carbonyl (C=O) groups excluding carboxylic acids is 3. The molecule has 0 saturated heterocycles. The van der Waals surface area contributed by atoms with Gasteiger partial charge in [-0.3, -0.25) is 9.59 Å². The molecule has 0 aromatic heterocycles. The van der Waals surface area contributed by atoms with Crippen LogP contribution >= 0.6 is 0 Å². The second-order valence-electron chi connectivity index (χ2n) is 8.51. The summed E-state index contributed by atoms with van der Waals surface area (Å²) in [6, 6.07) is 6.73. The molecule has 28 heavy (non-hydrogen) atoms. The number of nitrogens with one attached hydrogen (secondary N) is 4. The third kappa shape index (κ3) is 9.94. The van der Waals surface area contributed by atoms with Gasteiger partial charge in [0.25, 0.3) is 0 Å². The molecule has 1 rings (SSSR count). The average molecular weight is 391 g/mol. The molecule has 0 aliphatic rings. The van der Waals surface area contributed by atoms with Gasteiger partial charge in [-0.05, 0) is 45.6 Å². The number of aryl methyl sites for hydroxylation is 1. The molecule has 7 nitrogen and oxygen atoms in total. The maximum atomic E-state index is 12.5. The van der Waals surface area contributed by atoms with Crippen LogP contribution in [0.2, 0.25) is 0 Å². The van der Waals surface area contributed by atoms with Crippen molar-refractivity contribution in [2.75, 3.05) is 6.54 Å². The molecule has 0 spiro atoms. The molecule has 1 aromatic carbocycles. The second-order valence-corrected chi connectivity index (χ2v) is 8.51. The lowest BCUT2D eigenvalue weighted by Crippen LogP contribution is -2.53. The zero-order valence-electron chi connectivity index (χ0n) is 17.8. The Labute approximate surface area is 168 Å². The smallest absolute Gasteiger partial charge is 0.315 e. The maximum absolute atomic E-state index is 12.5. The number of carbonyl (C=O) groups is 3. The Bertz CT molecular complexity index is 663. The van der Waals surface area contributed by atoms with Crippen LogP contribution in [0.1, 0.15) is 52.2 Å². The van der Waals surface area contributed by atoms with E-state index in [4.69, 9.17) is 0 Å². The number of hydrogen-bond donors (Lipinski definition) is 4. The number of rotatable bonds is 8. The van der Waals surface area contributed by atoms with Gasteiger partial charge >= 0.3 is 6.03 Å². The standard InChI is InChI=1S/C21H34N4O3/c1-14(2)11-17(19(27)22-13-18(26)25-21(4,5)6)24-20(28)23-12-16-9-7-15(3)8-10-16/h7-10,14,17H,11-13H2,1-6H3,(H,22,27)(H,25,26)(H2,23,24,28). The number of amides is 4. The van der Waals surface area contributed by atoms with Gasteiger partial charge in [-0.15, -0.1) is 0 Å². The molecule has 4 N–H and O–H groups in total. The van der Waals surface area contributed by atoms with E-state index in [1.54, 1.807) is 0 Å². The summed E-state index contributed by atoms with van der Waals surface area (Å²) in [6.45, 7) is 11.8. The number of benzene rings is 1. The molecular formula is C21H34N4O3. The summed E-state index contributed by atoms with van der Waals surface area (Å²) in [7, 11) is 0. The van der Waals surface area contributed by atoms with Crippen molar-refractivity contribution in [3.63, 3.8) is 0 Å². The maximum Gasteiger partial charge on any atom is 0.315 e. The minimum Gasteiger partial charge on any atom is -0.350 e. The van der Waals surface area contributed by atoms with Crippen LogP contribution < -0.4 is 21.3 Å². The molecule has 0 fully saturated rings. The Hall–Kier alpha value is -2.57. The Morgan fingerprint density at radius 1 is 1.00 bits per heavy atom. The van der Waals surface area contributed by atoms with Crippen molar-refractivity contribution in [1.29, 1.82) is 0 Å². The van der Waals surface area contributed by atoms with Gasteiger partial charge in [-0.25, -0.2) is 4.79 Å². The van der Waals surface area contributed by atoms with Crippen LogP contribution in [0.5, 0.6) is 0 Å². The van der Waals surface area contributed by atoms with Crippen LogP contribution in [0.4, 0.5) is 4.79 Å². The average Bonchev–Trinajstić information content (AvgIpc) is 2.56. The molecule has 0 aliphatic carbocycles. The first kappa shape index (κ1) is 23.5. The van der Waals surface area contributed by atoms with Gasteiger partial charge in [0.15, 0.2) is 0 Å². The zero-order valence-corrected chi connectivity index (χ0v) is 17.8. The largest absolute Gasteiger partial charge is 0.350 e. The first-order chi connectivity index (χ1) is 13.0. The molecule has 1 aromatic rings. The van der Waals surface area contributed by atoms with E-state index in [2.05, 4.69) is 21.3 Å². The monoisotopic (exact) mass is 390 g/mol. The summed E-state index contributed by atoms with van der Waals surface area (Å²) in [5.41, 5.74) is 1.76. The van der Waals surface area contributed by atoms with Crippen LogP contribution in [-0.2, 0) is 16.1 Å². The van der Waals surface area contributed by atoms with Gasteiger partial charge in [-0.2, -0.15) is 0 Å². The van der Waals surface area contributed by atoms with E-state index in [0.29, 0.717) is 13.0 Å². The van der Waals surface area contributed by atoms with E-state index < -0.39 is 12.1 Å². The molecule has 1 unspecified atom stereocenters. The van der Waals surface area contributed by atoms with E-state index in [9.17, 15) is 14.4 Å². The van der Waals surface area contributed by atoms with Crippen LogP contribution in [0.3, 0.4) is 0 Å². The summed E-state index contributed by atoms with van der Waals surface area (Å²) in [6.07, 6.45) is 0.477. The molecule has 0 heterocycles. The molecule has 0 bridgehead atoms. The van der Waals surface area contributed by atoms with Crippen molar-refractivity contribution < 1.29 is 14.4 Å². The van der Waals surface area contributed by atoms with E-state index in [1.165, 1.54) is 0 Å². The van der Waals surface area contributed by atoms with Gasteiger partial charge in [0.05, 0.1) is 6.54 Å². The van der Waals surface area contributed by atoms with Crippen molar-refractivity contribution in [2.24, 2.45) is 5.92 Å².